The Bertz CT molecular complexity index is 845. The lowest BCUT2D eigenvalue weighted by Crippen LogP contribution is -2.51. The van der Waals surface area contributed by atoms with Crippen molar-refractivity contribution in [2.24, 2.45) is 5.92 Å². The van der Waals surface area contributed by atoms with E-state index in [0.717, 1.165) is 56.8 Å². The molecule has 5 heterocycles. The van der Waals surface area contributed by atoms with Gasteiger partial charge in [-0.05, 0) is 31.2 Å². The fourth-order valence-corrected chi connectivity index (χ4v) is 5.08. The van der Waals surface area contributed by atoms with Gasteiger partial charge >= 0.3 is 0 Å². The van der Waals surface area contributed by atoms with E-state index in [1.54, 1.807) is 12.4 Å². The third kappa shape index (κ3) is 2.77. The van der Waals surface area contributed by atoms with Crippen LogP contribution < -0.4 is 5.56 Å². The van der Waals surface area contributed by atoms with Crippen molar-refractivity contribution >= 4 is 0 Å². The molecule has 2 aromatic heterocycles. The Labute approximate surface area is 152 Å². The van der Waals surface area contributed by atoms with Crippen LogP contribution in [0.5, 0.6) is 0 Å². The first-order valence-corrected chi connectivity index (χ1v) is 9.60. The van der Waals surface area contributed by atoms with Gasteiger partial charge in [0.1, 0.15) is 6.33 Å². The number of rotatable bonds is 2. The minimum Gasteiger partial charge on any atom is -0.381 e. The average Bonchev–Trinajstić information content (AvgIpc) is 2.70. The number of piperidine rings is 1. The SMILES string of the molecule is O=c1ccc(-c2cncnc2)c2n1C[C@H]1C[C@@H]2CN(C2CCOCC2)C1. The van der Waals surface area contributed by atoms with Gasteiger partial charge in [0, 0.05) is 80.1 Å². The van der Waals surface area contributed by atoms with Crippen LogP contribution in [0.4, 0.5) is 0 Å². The molecule has 6 heteroatoms. The maximum Gasteiger partial charge on any atom is 0.250 e. The topological polar surface area (TPSA) is 60.2 Å². The van der Waals surface area contributed by atoms with Crippen LogP contribution in [0.2, 0.25) is 0 Å². The van der Waals surface area contributed by atoms with Crippen molar-refractivity contribution < 1.29 is 4.74 Å². The molecule has 0 amide bonds. The van der Waals surface area contributed by atoms with Gasteiger partial charge in [-0.15, -0.1) is 0 Å². The first-order chi connectivity index (χ1) is 12.8. The molecule has 6 nitrogen and oxygen atoms in total. The predicted molar refractivity (Wildman–Crippen MR) is 98.0 cm³/mol. The Morgan fingerprint density at radius 3 is 2.65 bits per heavy atom. The van der Waals surface area contributed by atoms with Crippen LogP contribution in [-0.4, -0.2) is 51.8 Å². The van der Waals surface area contributed by atoms with E-state index in [2.05, 4.69) is 14.9 Å². The van der Waals surface area contributed by atoms with Crippen molar-refractivity contribution in [2.75, 3.05) is 26.3 Å². The summed E-state index contributed by atoms with van der Waals surface area (Å²) in [6, 6.07) is 4.28. The number of fused-ring (bicyclic) bond motifs is 4. The summed E-state index contributed by atoms with van der Waals surface area (Å²) >= 11 is 0. The van der Waals surface area contributed by atoms with Crippen LogP contribution >= 0.6 is 0 Å². The minimum atomic E-state index is 0.120. The van der Waals surface area contributed by atoms with Crippen LogP contribution in [0, 0.1) is 5.92 Å². The van der Waals surface area contributed by atoms with Crippen LogP contribution in [0.3, 0.4) is 0 Å². The molecule has 0 aliphatic carbocycles. The summed E-state index contributed by atoms with van der Waals surface area (Å²) in [4.78, 5) is 23.6. The van der Waals surface area contributed by atoms with Crippen LogP contribution in [0.15, 0.2) is 35.6 Å². The summed E-state index contributed by atoms with van der Waals surface area (Å²) < 4.78 is 7.56. The van der Waals surface area contributed by atoms with Gasteiger partial charge < -0.3 is 9.30 Å². The summed E-state index contributed by atoms with van der Waals surface area (Å²) in [6.45, 7) is 4.71. The van der Waals surface area contributed by atoms with Crippen molar-refractivity contribution in [3.05, 3.63) is 46.9 Å². The van der Waals surface area contributed by atoms with E-state index in [-0.39, 0.29) is 5.56 Å². The second kappa shape index (κ2) is 6.59. The maximum atomic E-state index is 12.6. The molecule has 2 saturated heterocycles. The largest absolute Gasteiger partial charge is 0.381 e. The van der Waals surface area contributed by atoms with E-state index in [0.29, 0.717) is 17.9 Å². The Hall–Kier alpha value is -2.05. The lowest BCUT2D eigenvalue weighted by molar-refractivity contribution is 0.00597. The van der Waals surface area contributed by atoms with Gasteiger partial charge in [0.05, 0.1) is 0 Å². The van der Waals surface area contributed by atoms with Crippen molar-refractivity contribution in [2.45, 2.75) is 37.8 Å². The number of likely N-dealkylation sites (tertiary alicyclic amines) is 1. The zero-order chi connectivity index (χ0) is 17.5. The summed E-state index contributed by atoms with van der Waals surface area (Å²) in [5.74, 6) is 0.957. The van der Waals surface area contributed by atoms with E-state index in [1.807, 2.05) is 23.0 Å². The Balaban J connectivity index is 1.54. The summed E-state index contributed by atoms with van der Waals surface area (Å²) in [6.07, 6.45) is 8.66. The second-order valence-corrected chi connectivity index (χ2v) is 7.80. The maximum absolute atomic E-state index is 12.6. The molecule has 5 rings (SSSR count). The number of nitrogens with zero attached hydrogens (tertiary/aromatic N) is 4. The van der Waals surface area contributed by atoms with Crippen LogP contribution in [-0.2, 0) is 11.3 Å². The molecule has 0 saturated carbocycles. The normalized spacial score (nSPS) is 26.5. The predicted octanol–water partition coefficient (Wildman–Crippen LogP) is 1.90. The third-order valence-corrected chi connectivity index (χ3v) is 6.20. The molecule has 2 aromatic rings. The Morgan fingerprint density at radius 2 is 1.85 bits per heavy atom. The minimum absolute atomic E-state index is 0.120. The van der Waals surface area contributed by atoms with Crippen molar-refractivity contribution in [3.63, 3.8) is 0 Å². The molecule has 0 aromatic carbocycles. The zero-order valence-corrected chi connectivity index (χ0v) is 14.9. The van der Waals surface area contributed by atoms with Gasteiger partial charge in [0.15, 0.2) is 0 Å². The smallest absolute Gasteiger partial charge is 0.250 e. The molecule has 0 unspecified atom stereocenters. The molecule has 2 fully saturated rings. The molecular formula is C20H24N4O2. The van der Waals surface area contributed by atoms with Gasteiger partial charge in [-0.2, -0.15) is 0 Å². The molecule has 0 spiro atoms. The molecule has 0 radical (unpaired) electrons. The summed E-state index contributed by atoms with van der Waals surface area (Å²) in [5, 5.41) is 0. The molecule has 136 valence electrons. The van der Waals surface area contributed by atoms with E-state index in [1.165, 1.54) is 12.1 Å². The second-order valence-electron chi connectivity index (χ2n) is 7.80. The monoisotopic (exact) mass is 352 g/mol. The van der Waals surface area contributed by atoms with Crippen LogP contribution in [0.25, 0.3) is 11.1 Å². The highest BCUT2D eigenvalue weighted by Crippen LogP contribution is 2.40. The molecular weight excluding hydrogens is 328 g/mol. The van der Waals surface area contributed by atoms with Gasteiger partial charge in [-0.3, -0.25) is 9.69 Å². The summed E-state index contributed by atoms with van der Waals surface area (Å²) in [5.41, 5.74) is 3.41. The molecule has 3 aliphatic rings. The number of aromatic nitrogens is 3. The number of ether oxygens (including phenoxy) is 1. The lowest BCUT2D eigenvalue weighted by Gasteiger charge is -2.47. The third-order valence-electron chi connectivity index (χ3n) is 6.20. The molecule has 3 aliphatic heterocycles. The number of pyridine rings is 1. The first kappa shape index (κ1) is 16.1. The van der Waals surface area contributed by atoms with Gasteiger partial charge in [-0.1, -0.05) is 0 Å². The highest BCUT2D eigenvalue weighted by molar-refractivity contribution is 5.65. The molecule has 2 atom stereocenters. The zero-order valence-electron chi connectivity index (χ0n) is 14.9. The highest BCUT2D eigenvalue weighted by atomic mass is 16.5. The van der Waals surface area contributed by atoms with Gasteiger partial charge in [0.25, 0.3) is 5.56 Å². The Kier molecular flexibility index (Phi) is 4.10. The molecule has 0 N–H and O–H groups in total. The highest BCUT2D eigenvalue weighted by Gasteiger charge is 2.38. The van der Waals surface area contributed by atoms with E-state index < -0.39 is 0 Å². The Morgan fingerprint density at radius 1 is 1.04 bits per heavy atom. The van der Waals surface area contributed by atoms with Gasteiger partial charge in [-0.25, -0.2) is 9.97 Å². The van der Waals surface area contributed by atoms with Crippen molar-refractivity contribution in [3.8, 4) is 11.1 Å². The number of hydrogen-bond donors (Lipinski definition) is 0. The van der Waals surface area contributed by atoms with Crippen molar-refractivity contribution in [1.82, 2.24) is 19.4 Å². The summed E-state index contributed by atoms with van der Waals surface area (Å²) in [7, 11) is 0. The first-order valence-electron chi connectivity index (χ1n) is 9.60. The van der Waals surface area contributed by atoms with Gasteiger partial charge in [0.2, 0.25) is 0 Å². The van der Waals surface area contributed by atoms with Crippen molar-refractivity contribution in [1.29, 1.82) is 0 Å². The van der Waals surface area contributed by atoms with E-state index in [9.17, 15) is 4.79 Å². The quantitative estimate of drug-likeness (QED) is 0.826. The van der Waals surface area contributed by atoms with Crippen LogP contribution in [0.1, 0.15) is 30.9 Å². The number of hydrogen-bond acceptors (Lipinski definition) is 5. The lowest BCUT2D eigenvalue weighted by atomic mass is 9.80. The standard InChI is InChI=1S/C20H24N4O2/c25-19-2-1-18(16-8-21-13-22-9-16)20-15-7-14(11-24(19)20)10-23(12-15)17-3-5-26-6-4-17/h1-2,8-9,13-15,17H,3-7,10-12H2/t14-,15+/m0/s1. The van der Waals surface area contributed by atoms with E-state index >= 15 is 0 Å². The fraction of sp³-hybridized carbons (Fsp3) is 0.550. The average molecular weight is 352 g/mol. The molecule has 26 heavy (non-hydrogen) atoms. The fourth-order valence-electron chi connectivity index (χ4n) is 5.08. The molecule has 2 bridgehead atoms. The van der Waals surface area contributed by atoms with E-state index in [4.69, 9.17) is 4.74 Å².